The molecule has 0 aromatic heterocycles. The Morgan fingerprint density at radius 1 is 1.15 bits per heavy atom. The Morgan fingerprint density at radius 3 is 2.55 bits per heavy atom. The SMILES string of the molecule is CNC1CCC(NC(=O)C2Cc3ccccc3O2)CC1. The van der Waals surface area contributed by atoms with E-state index in [-0.39, 0.29) is 12.0 Å². The third-order valence-corrected chi connectivity index (χ3v) is 4.42. The summed E-state index contributed by atoms with van der Waals surface area (Å²) in [7, 11) is 2.01. The van der Waals surface area contributed by atoms with Crippen LogP contribution in [0.2, 0.25) is 0 Å². The average Bonchev–Trinajstić information content (AvgIpc) is 2.92. The van der Waals surface area contributed by atoms with Crippen LogP contribution in [0.15, 0.2) is 24.3 Å². The lowest BCUT2D eigenvalue weighted by Gasteiger charge is -2.29. The molecule has 4 nitrogen and oxygen atoms in total. The number of amides is 1. The van der Waals surface area contributed by atoms with Gasteiger partial charge < -0.3 is 15.4 Å². The molecule has 1 heterocycles. The molecule has 1 unspecified atom stereocenters. The predicted octanol–water partition coefficient (Wildman–Crippen LogP) is 1.64. The second-order valence-corrected chi connectivity index (χ2v) is 5.76. The van der Waals surface area contributed by atoms with Gasteiger partial charge in [-0.3, -0.25) is 4.79 Å². The average molecular weight is 274 g/mol. The molecule has 4 heteroatoms. The maximum atomic E-state index is 12.3. The Balaban J connectivity index is 1.52. The zero-order valence-corrected chi connectivity index (χ0v) is 11.9. The zero-order chi connectivity index (χ0) is 13.9. The molecule has 1 amide bonds. The molecule has 0 saturated heterocycles. The molecule has 0 bridgehead atoms. The molecule has 1 aliphatic carbocycles. The molecule has 1 saturated carbocycles. The van der Waals surface area contributed by atoms with Crippen molar-refractivity contribution >= 4 is 5.91 Å². The summed E-state index contributed by atoms with van der Waals surface area (Å²) in [5.41, 5.74) is 1.13. The Bertz CT molecular complexity index is 456. The summed E-state index contributed by atoms with van der Waals surface area (Å²) in [6.07, 6.45) is 4.71. The molecule has 2 aliphatic rings. The molecule has 2 N–H and O–H groups in total. The van der Waals surface area contributed by atoms with E-state index in [4.69, 9.17) is 4.74 Å². The molecule has 20 heavy (non-hydrogen) atoms. The van der Waals surface area contributed by atoms with Gasteiger partial charge in [0.25, 0.3) is 5.91 Å². The van der Waals surface area contributed by atoms with Crippen molar-refractivity contribution in [1.29, 1.82) is 0 Å². The molecule has 3 rings (SSSR count). The smallest absolute Gasteiger partial charge is 0.261 e. The summed E-state index contributed by atoms with van der Waals surface area (Å²) in [6, 6.07) is 8.80. The number of carbonyl (C=O) groups excluding carboxylic acids is 1. The van der Waals surface area contributed by atoms with Crippen LogP contribution >= 0.6 is 0 Å². The van der Waals surface area contributed by atoms with Crippen LogP contribution in [0.5, 0.6) is 5.75 Å². The van der Waals surface area contributed by atoms with Crippen LogP contribution in [-0.2, 0) is 11.2 Å². The highest BCUT2D eigenvalue weighted by atomic mass is 16.5. The lowest BCUT2D eigenvalue weighted by atomic mass is 9.91. The summed E-state index contributed by atoms with van der Waals surface area (Å²) in [5, 5.41) is 6.46. The van der Waals surface area contributed by atoms with Crippen molar-refractivity contribution in [3.8, 4) is 5.75 Å². The number of nitrogens with one attached hydrogen (secondary N) is 2. The van der Waals surface area contributed by atoms with E-state index in [1.807, 2.05) is 31.3 Å². The largest absolute Gasteiger partial charge is 0.480 e. The van der Waals surface area contributed by atoms with E-state index in [2.05, 4.69) is 10.6 Å². The summed E-state index contributed by atoms with van der Waals surface area (Å²) in [4.78, 5) is 12.3. The van der Waals surface area contributed by atoms with Crippen LogP contribution in [-0.4, -0.2) is 31.1 Å². The molecule has 108 valence electrons. The molecule has 1 fully saturated rings. The maximum Gasteiger partial charge on any atom is 0.261 e. The Morgan fingerprint density at radius 2 is 1.85 bits per heavy atom. The molecule has 1 aliphatic heterocycles. The fourth-order valence-electron chi connectivity index (χ4n) is 3.15. The number of carbonyl (C=O) groups is 1. The van der Waals surface area contributed by atoms with E-state index < -0.39 is 0 Å². The van der Waals surface area contributed by atoms with Gasteiger partial charge in [0.2, 0.25) is 0 Å². The molecule has 1 aromatic carbocycles. The van der Waals surface area contributed by atoms with Crippen molar-refractivity contribution in [1.82, 2.24) is 10.6 Å². The van der Waals surface area contributed by atoms with Gasteiger partial charge in [-0.2, -0.15) is 0 Å². The van der Waals surface area contributed by atoms with Crippen molar-refractivity contribution in [3.63, 3.8) is 0 Å². The van der Waals surface area contributed by atoms with Gasteiger partial charge in [-0.05, 0) is 44.4 Å². The highest BCUT2D eigenvalue weighted by Crippen LogP contribution is 2.28. The number of hydrogen-bond donors (Lipinski definition) is 2. The van der Waals surface area contributed by atoms with Gasteiger partial charge in [-0.15, -0.1) is 0 Å². The van der Waals surface area contributed by atoms with E-state index >= 15 is 0 Å². The van der Waals surface area contributed by atoms with Gasteiger partial charge >= 0.3 is 0 Å². The van der Waals surface area contributed by atoms with Gasteiger partial charge in [-0.25, -0.2) is 0 Å². The maximum absolute atomic E-state index is 12.3. The van der Waals surface area contributed by atoms with Crippen molar-refractivity contribution in [2.75, 3.05) is 7.05 Å². The van der Waals surface area contributed by atoms with Crippen LogP contribution in [0.1, 0.15) is 31.2 Å². The van der Waals surface area contributed by atoms with Crippen LogP contribution < -0.4 is 15.4 Å². The van der Waals surface area contributed by atoms with E-state index in [0.29, 0.717) is 18.5 Å². The first kappa shape index (κ1) is 13.4. The summed E-state index contributed by atoms with van der Waals surface area (Å²) >= 11 is 0. The van der Waals surface area contributed by atoms with Gasteiger partial charge in [0.05, 0.1) is 0 Å². The summed E-state index contributed by atoms with van der Waals surface area (Å²) < 4.78 is 5.73. The number of rotatable bonds is 3. The van der Waals surface area contributed by atoms with E-state index in [1.54, 1.807) is 0 Å². The predicted molar refractivity (Wildman–Crippen MR) is 77.8 cm³/mol. The first-order chi connectivity index (χ1) is 9.76. The first-order valence-electron chi connectivity index (χ1n) is 7.48. The minimum Gasteiger partial charge on any atom is -0.480 e. The Hall–Kier alpha value is -1.55. The Labute approximate surface area is 119 Å². The van der Waals surface area contributed by atoms with Crippen molar-refractivity contribution < 1.29 is 9.53 Å². The lowest BCUT2D eigenvalue weighted by Crippen LogP contribution is -2.46. The zero-order valence-electron chi connectivity index (χ0n) is 11.9. The van der Waals surface area contributed by atoms with Crippen LogP contribution in [0.25, 0.3) is 0 Å². The number of ether oxygens (including phenoxy) is 1. The third kappa shape index (κ3) is 2.80. The molecular formula is C16H22N2O2. The van der Waals surface area contributed by atoms with Crippen molar-refractivity contribution in [2.24, 2.45) is 0 Å². The van der Waals surface area contributed by atoms with Crippen molar-refractivity contribution in [3.05, 3.63) is 29.8 Å². The quantitative estimate of drug-likeness (QED) is 0.881. The summed E-state index contributed by atoms with van der Waals surface area (Å²) in [5.74, 6) is 0.889. The second-order valence-electron chi connectivity index (χ2n) is 5.76. The lowest BCUT2D eigenvalue weighted by molar-refractivity contribution is -0.128. The molecule has 0 spiro atoms. The van der Waals surface area contributed by atoms with E-state index in [9.17, 15) is 4.79 Å². The van der Waals surface area contributed by atoms with Gasteiger partial charge in [0.15, 0.2) is 6.10 Å². The second kappa shape index (κ2) is 5.83. The van der Waals surface area contributed by atoms with Gasteiger partial charge in [0.1, 0.15) is 5.75 Å². The molecule has 1 atom stereocenters. The number of benzene rings is 1. The molecular weight excluding hydrogens is 252 g/mol. The minimum absolute atomic E-state index is 0.0362. The van der Waals surface area contributed by atoms with E-state index in [0.717, 1.165) is 37.0 Å². The first-order valence-corrected chi connectivity index (χ1v) is 7.48. The van der Waals surface area contributed by atoms with Crippen molar-refractivity contribution in [2.45, 2.75) is 50.3 Å². The highest BCUT2D eigenvalue weighted by Gasteiger charge is 2.31. The fourth-order valence-corrected chi connectivity index (χ4v) is 3.15. The van der Waals surface area contributed by atoms with Crippen LogP contribution in [0, 0.1) is 0 Å². The van der Waals surface area contributed by atoms with Gasteiger partial charge in [0, 0.05) is 18.5 Å². The molecule has 1 aromatic rings. The third-order valence-electron chi connectivity index (χ3n) is 4.42. The number of fused-ring (bicyclic) bond motifs is 1. The monoisotopic (exact) mass is 274 g/mol. The highest BCUT2D eigenvalue weighted by molar-refractivity contribution is 5.82. The topological polar surface area (TPSA) is 50.4 Å². The van der Waals surface area contributed by atoms with Crippen LogP contribution in [0.3, 0.4) is 0 Å². The standard InChI is InChI=1S/C16H22N2O2/c1-17-12-6-8-13(9-7-12)18-16(19)15-10-11-4-2-3-5-14(11)20-15/h2-5,12-13,15,17H,6-10H2,1H3,(H,18,19). The van der Waals surface area contributed by atoms with E-state index in [1.165, 1.54) is 0 Å². The van der Waals surface area contributed by atoms with Gasteiger partial charge in [-0.1, -0.05) is 18.2 Å². The fraction of sp³-hybridized carbons (Fsp3) is 0.562. The van der Waals surface area contributed by atoms with Crippen LogP contribution in [0.4, 0.5) is 0 Å². The Kier molecular flexibility index (Phi) is 3.92. The summed E-state index contributed by atoms with van der Waals surface area (Å²) in [6.45, 7) is 0. The normalized spacial score (nSPS) is 28.6. The molecule has 0 radical (unpaired) electrons. The minimum atomic E-state index is -0.352. The number of hydrogen-bond acceptors (Lipinski definition) is 3. The number of para-hydroxylation sites is 1.